The molecule has 2 N–H and O–H groups in total. The molecular weight excluding hydrogens is 183 g/mol. The molecule has 0 amide bonds. The predicted molar refractivity (Wildman–Crippen MR) is 27.8 cm³/mol. The Bertz CT molecular complexity index is 36.6. The van der Waals surface area contributed by atoms with Gasteiger partial charge >= 0.3 is 0 Å². The van der Waals surface area contributed by atoms with E-state index < -0.39 is 4.17 Å². The summed E-state index contributed by atoms with van der Waals surface area (Å²) in [6.45, 7) is 0. The second-order valence-electron chi connectivity index (χ2n) is 0.478. The molecule has 0 rings (SSSR count). The second kappa shape index (κ2) is 2.52. The summed E-state index contributed by atoms with van der Waals surface area (Å²) < 4.78 is -0.576. The Morgan fingerprint density at radius 1 is 2.00 bits per heavy atom. The fourth-order valence-corrected chi connectivity index (χ4v) is 0. The van der Waals surface area contributed by atoms with E-state index in [2.05, 4.69) is 5.18 Å². The van der Waals surface area contributed by atoms with Gasteiger partial charge in [-0.15, -0.1) is 4.91 Å². The van der Waals surface area contributed by atoms with Crippen LogP contribution in [0.2, 0.25) is 0 Å². The Kier molecular flexibility index (Phi) is 2.67. The van der Waals surface area contributed by atoms with E-state index in [1.54, 1.807) is 22.6 Å². The van der Waals surface area contributed by atoms with Gasteiger partial charge in [0, 0.05) is 0 Å². The molecule has 30 valence electrons. The van der Waals surface area contributed by atoms with Crippen LogP contribution >= 0.6 is 22.6 Å². The number of halogens is 1. The van der Waals surface area contributed by atoms with Crippen molar-refractivity contribution < 1.29 is 0 Å². The van der Waals surface area contributed by atoms with Crippen LogP contribution in [0.25, 0.3) is 0 Å². The number of hydrogen-bond donors (Lipinski definition) is 1. The summed E-state index contributed by atoms with van der Waals surface area (Å²) in [6.07, 6.45) is 0. The first kappa shape index (κ1) is 5.29. The Morgan fingerprint density at radius 2 is 2.20 bits per heavy atom. The van der Waals surface area contributed by atoms with Crippen molar-refractivity contribution in [1.29, 1.82) is 0 Å². The van der Waals surface area contributed by atoms with Crippen molar-refractivity contribution in [2.24, 2.45) is 10.9 Å². The van der Waals surface area contributed by atoms with Crippen molar-refractivity contribution in [3.05, 3.63) is 4.91 Å². The lowest BCUT2D eigenvalue weighted by Gasteiger charge is -1.77. The van der Waals surface area contributed by atoms with E-state index in [9.17, 15) is 0 Å². The van der Waals surface area contributed by atoms with E-state index in [0.717, 1.165) is 0 Å². The molecule has 0 heterocycles. The molecule has 0 aliphatic rings. The smallest absolute Gasteiger partial charge is 0.191 e. The molecule has 0 aliphatic heterocycles. The number of rotatable bonds is 1. The first-order valence-corrected chi connectivity index (χ1v) is 2.24. The van der Waals surface area contributed by atoms with Gasteiger partial charge in [0.15, 0.2) is 4.17 Å². The Hall–Kier alpha value is 0.290. The minimum atomic E-state index is -0.576. The molecular formula is CH3IN2O. The maximum Gasteiger partial charge on any atom is 0.191 e. The van der Waals surface area contributed by atoms with E-state index in [1.807, 2.05) is 0 Å². The Morgan fingerprint density at radius 3 is 2.20 bits per heavy atom. The van der Waals surface area contributed by atoms with Crippen LogP contribution in [0.3, 0.4) is 0 Å². The summed E-state index contributed by atoms with van der Waals surface area (Å²) in [6, 6.07) is 0. The van der Waals surface area contributed by atoms with Gasteiger partial charge in [-0.1, -0.05) is 0 Å². The zero-order chi connectivity index (χ0) is 4.28. The first-order valence-electron chi connectivity index (χ1n) is 0.992. The predicted octanol–water partition coefficient (Wildman–Crippen LogP) is 0.430. The fourth-order valence-electron chi connectivity index (χ4n) is 0. The highest BCUT2D eigenvalue weighted by molar-refractivity contribution is 14.1. The molecule has 0 spiro atoms. The van der Waals surface area contributed by atoms with Crippen LogP contribution in [0.5, 0.6) is 0 Å². The average Bonchev–Trinajstić information content (AvgIpc) is 1.38. The number of hydrogen-bond acceptors (Lipinski definition) is 3. The van der Waals surface area contributed by atoms with E-state index in [4.69, 9.17) is 10.6 Å². The largest absolute Gasteiger partial charge is 0.298 e. The number of nitrogens with two attached hydrogens (primary N) is 1. The van der Waals surface area contributed by atoms with Crippen LogP contribution in [-0.2, 0) is 0 Å². The highest BCUT2D eigenvalue weighted by atomic mass is 127. The van der Waals surface area contributed by atoms with Crippen molar-refractivity contribution in [2.75, 3.05) is 0 Å². The summed E-state index contributed by atoms with van der Waals surface area (Å²) in [5.41, 5.74) is 4.80. The van der Waals surface area contributed by atoms with Crippen molar-refractivity contribution in [3.8, 4) is 0 Å². The van der Waals surface area contributed by atoms with Gasteiger partial charge in [-0.3, -0.25) is 5.73 Å². The SMILES string of the molecule is NC(I)N=O. The van der Waals surface area contributed by atoms with E-state index >= 15 is 0 Å². The third-order valence-electron chi connectivity index (χ3n) is 0.101. The molecule has 0 saturated heterocycles. The molecule has 0 aromatic carbocycles. The normalized spacial score (nSPS) is 14.0. The van der Waals surface area contributed by atoms with Gasteiger partial charge in [-0.05, 0) is 27.8 Å². The summed E-state index contributed by atoms with van der Waals surface area (Å²) in [5, 5.41) is 2.40. The lowest BCUT2D eigenvalue weighted by Crippen LogP contribution is -2.04. The van der Waals surface area contributed by atoms with Crippen LogP contribution in [0.4, 0.5) is 0 Å². The second-order valence-corrected chi connectivity index (χ2v) is 1.75. The van der Waals surface area contributed by atoms with Gasteiger partial charge in [0.25, 0.3) is 0 Å². The highest BCUT2D eigenvalue weighted by Crippen LogP contribution is 1.87. The summed E-state index contributed by atoms with van der Waals surface area (Å²) in [7, 11) is 0. The third kappa shape index (κ3) is 4.29. The molecule has 1 atom stereocenters. The van der Waals surface area contributed by atoms with Crippen LogP contribution in [0.15, 0.2) is 5.18 Å². The van der Waals surface area contributed by atoms with E-state index in [-0.39, 0.29) is 0 Å². The van der Waals surface area contributed by atoms with Crippen molar-refractivity contribution in [1.82, 2.24) is 0 Å². The van der Waals surface area contributed by atoms with Crippen molar-refractivity contribution in [3.63, 3.8) is 0 Å². The van der Waals surface area contributed by atoms with Crippen LogP contribution in [0, 0.1) is 4.91 Å². The van der Waals surface area contributed by atoms with E-state index in [0.29, 0.717) is 0 Å². The van der Waals surface area contributed by atoms with Crippen LogP contribution < -0.4 is 5.73 Å². The summed E-state index contributed by atoms with van der Waals surface area (Å²) in [4.78, 5) is 9.12. The van der Waals surface area contributed by atoms with Crippen LogP contribution in [0.1, 0.15) is 0 Å². The highest BCUT2D eigenvalue weighted by Gasteiger charge is 1.82. The lowest BCUT2D eigenvalue weighted by atomic mass is 11.3. The van der Waals surface area contributed by atoms with Gasteiger partial charge in [0.2, 0.25) is 0 Å². The van der Waals surface area contributed by atoms with Gasteiger partial charge in [0.1, 0.15) is 0 Å². The molecule has 0 fully saturated rings. The minimum absolute atomic E-state index is 0.576. The average molecular weight is 186 g/mol. The van der Waals surface area contributed by atoms with Crippen molar-refractivity contribution in [2.45, 2.75) is 4.17 Å². The summed E-state index contributed by atoms with van der Waals surface area (Å²) in [5.74, 6) is 0. The monoisotopic (exact) mass is 186 g/mol. The van der Waals surface area contributed by atoms with Gasteiger partial charge < -0.3 is 0 Å². The standard InChI is InChI=1S/CH3IN2O/c2-1(3)4-5/h1H,3H2. The zero-order valence-electron chi connectivity index (χ0n) is 2.39. The quantitative estimate of drug-likeness (QED) is 0.279. The molecule has 0 aromatic heterocycles. The third-order valence-corrected chi connectivity index (χ3v) is 0.328. The fraction of sp³-hybridized carbons (Fsp3) is 1.00. The number of nitrogens with zero attached hydrogens (tertiary/aromatic N) is 1. The molecule has 5 heavy (non-hydrogen) atoms. The summed E-state index contributed by atoms with van der Waals surface area (Å²) >= 11 is 1.70. The Labute approximate surface area is 43.0 Å². The molecule has 0 aliphatic carbocycles. The maximum absolute atomic E-state index is 9.12. The zero-order valence-corrected chi connectivity index (χ0v) is 4.55. The van der Waals surface area contributed by atoms with Gasteiger partial charge in [0.05, 0.1) is 0 Å². The topological polar surface area (TPSA) is 55.4 Å². The van der Waals surface area contributed by atoms with E-state index in [1.165, 1.54) is 0 Å². The first-order chi connectivity index (χ1) is 2.27. The molecule has 0 saturated carbocycles. The molecule has 4 heteroatoms. The molecule has 3 nitrogen and oxygen atoms in total. The Balaban J connectivity index is 2.83. The maximum atomic E-state index is 9.12. The molecule has 0 aromatic rings. The number of nitroso groups, excluding NO2 is 1. The molecule has 0 bridgehead atoms. The lowest BCUT2D eigenvalue weighted by molar-refractivity contribution is 1.02. The van der Waals surface area contributed by atoms with Gasteiger partial charge in [-0.2, -0.15) is 0 Å². The van der Waals surface area contributed by atoms with Gasteiger partial charge in [-0.25, -0.2) is 0 Å². The minimum Gasteiger partial charge on any atom is -0.298 e. The van der Waals surface area contributed by atoms with Crippen molar-refractivity contribution >= 4 is 22.6 Å². The number of alkyl halides is 1. The molecule has 0 radical (unpaired) electrons. The molecule has 1 unspecified atom stereocenters. The van der Waals surface area contributed by atoms with Crippen LogP contribution in [-0.4, -0.2) is 4.17 Å².